The molecule has 11 heteroatoms. The summed E-state index contributed by atoms with van der Waals surface area (Å²) in [5.74, 6) is -1.99. The molecule has 0 bridgehead atoms. The third-order valence-electron chi connectivity index (χ3n) is 7.13. The van der Waals surface area contributed by atoms with Crippen molar-refractivity contribution in [3.63, 3.8) is 0 Å². The molecule has 1 atom stereocenters. The van der Waals surface area contributed by atoms with Gasteiger partial charge in [-0.2, -0.15) is 0 Å². The number of hydrogen-bond donors (Lipinski definition) is 2. The van der Waals surface area contributed by atoms with Gasteiger partial charge in [0, 0.05) is 37.6 Å². The lowest BCUT2D eigenvalue weighted by Crippen LogP contribution is -2.29. The first-order valence-electron chi connectivity index (χ1n) is 12.7. The van der Waals surface area contributed by atoms with Gasteiger partial charge in [0.2, 0.25) is 0 Å². The number of benzene rings is 1. The molecule has 4 aromatic heterocycles. The van der Waals surface area contributed by atoms with Crippen LogP contribution in [0.1, 0.15) is 38.9 Å². The van der Waals surface area contributed by atoms with Gasteiger partial charge < -0.3 is 10.2 Å². The van der Waals surface area contributed by atoms with E-state index in [4.69, 9.17) is 5.11 Å². The van der Waals surface area contributed by atoms with Crippen molar-refractivity contribution in [2.45, 2.75) is 19.0 Å². The minimum atomic E-state index is -0.993. The zero-order valence-electron chi connectivity index (χ0n) is 21.2. The zero-order chi connectivity index (χ0) is 27.8. The number of nitrogens with zero attached hydrogens (tertiary/aromatic N) is 6. The van der Waals surface area contributed by atoms with Crippen LogP contribution in [0.25, 0.3) is 28.1 Å². The summed E-state index contributed by atoms with van der Waals surface area (Å²) in [4.78, 5) is 51.8. The molecule has 1 aromatic carbocycles. The van der Waals surface area contributed by atoms with E-state index in [0.29, 0.717) is 35.8 Å². The number of likely N-dealkylation sites (tertiary alicyclic amines) is 1. The quantitative estimate of drug-likeness (QED) is 0.319. The molecule has 1 fully saturated rings. The summed E-state index contributed by atoms with van der Waals surface area (Å²) in [6, 6.07) is 16.7. The maximum atomic E-state index is 13.8. The average molecular weight is 537 g/mol. The molecule has 1 aliphatic rings. The Hall–Kier alpha value is -5.16. The van der Waals surface area contributed by atoms with Gasteiger partial charge in [-0.3, -0.25) is 19.4 Å². The highest BCUT2D eigenvalue weighted by molar-refractivity contribution is 5.88. The lowest BCUT2D eigenvalue weighted by atomic mass is 10.1. The Kier molecular flexibility index (Phi) is 6.40. The van der Waals surface area contributed by atoms with E-state index in [-0.39, 0.29) is 22.9 Å². The summed E-state index contributed by atoms with van der Waals surface area (Å²) in [5.41, 5.74) is 4.08. The number of carbonyl (C=O) groups is 2. The zero-order valence-corrected chi connectivity index (χ0v) is 21.2. The topological polar surface area (TPSA) is 143 Å². The highest BCUT2D eigenvalue weighted by Crippen LogP contribution is 2.27. The van der Waals surface area contributed by atoms with Crippen molar-refractivity contribution in [3.8, 4) is 16.9 Å². The van der Waals surface area contributed by atoms with E-state index in [0.717, 1.165) is 24.0 Å². The number of hydrogen-bond acceptors (Lipinski definition) is 7. The smallest absolute Gasteiger partial charge is 0.335 e. The van der Waals surface area contributed by atoms with Gasteiger partial charge in [-0.25, -0.2) is 23.9 Å². The highest BCUT2D eigenvalue weighted by Gasteiger charge is 2.29. The molecule has 40 heavy (non-hydrogen) atoms. The third-order valence-corrected chi connectivity index (χ3v) is 7.13. The molecule has 200 valence electrons. The number of carboxylic acid groups (broad SMARTS) is 2. The van der Waals surface area contributed by atoms with Crippen molar-refractivity contribution in [2.75, 3.05) is 13.1 Å². The maximum Gasteiger partial charge on any atom is 0.335 e. The molecule has 0 unspecified atom stereocenters. The molecule has 5 aromatic rings. The van der Waals surface area contributed by atoms with Gasteiger partial charge in [0.1, 0.15) is 0 Å². The molecular weight excluding hydrogens is 512 g/mol. The Morgan fingerprint density at radius 3 is 2.42 bits per heavy atom. The van der Waals surface area contributed by atoms with Gasteiger partial charge in [0.25, 0.3) is 0 Å². The molecule has 1 saturated heterocycles. The molecule has 6 rings (SSSR count). The summed E-state index contributed by atoms with van der Waals surface area (Å²) >= 11 is 0. The van der Waals surface area contributed by atoms with E-state index in [1.165, 1.54) is 24.4 Å². The Morgan fingerprint density at radius 2 is 1.70 bits per heavy atom. The number of imidazole rings is 1. The Morgan fingerprint density at radius 1 is 0.900 bits per heavy atom. The molecule has 0 saturated carbocycles. The lowest BCUT2D eigenvalue weighted by Gasteiger charge is -2.16. The van der Waals surface area contributed by atoms with E-state index < -0.39 is 11.9 Å². The molecule has 11 nitrogen and oxygen atoms in total. The van der Waals surface area contributed by atoms with Crippen LogP contribution in [-0.2, 0) is 6.54 Å². The summed E-state index contributed by atoms with van der Waals surface area (Å²) < 4.78 is 3.34. The van der Waals surface area contributed by atoms with Gasteiger partial charge in [-0.1, -0.05) is 12.1 Å². The maximum absolute atomic E-state index is 13.8. The monoisotopic (exact) mass is 536 g/mol. The van der Waals surface area contributed by atoms with Crippen LogP contribution in [0.2, 0.25) is 0 Å². The second-order valence-electron chi connectivity index (χ2n) is 9.64. The summed E-state index contributed by atoms with van der Waals surface area (Å²) in [7, 11) is 0. The molecule has 0 spiro atoms. The third kappa shape index (κ3) is 4.63. The number of aromatic carboxylic acids is 2. The molecular formula is C29H24N6O5. The van der Waals surface area contributed by atoms with E-state index >= 15 is 0 Å². The normalized spacial score (nSPS) is 15.4. The van der Waals surface area contributed by atoms with Crippen LogP contribution >= 0.6 is 0 Å². The number of aromatic nitrogens is 5. The average Bonchev–Trinajstić information content (AvgIpc) is 3.54. The number of fused-ring (bicyclic) bond motifs is 1. The van der Waals surface area contributed by atoms with Gasteiger partial charge in [0.05, 0.1) is 46.0 Å². The fourth-order valence-corrected chi connectivity index (χ4v) is 5.20. The van der Waals surface area contributed by atoms with Crippen LogP contribution < -0.4 is 5.69 Å². The summed E-state index contributed by atoms with van der Waals surface area (Å²) in [6.07, 6.45) is 5.51. The summed E-state index contributed by atoms with van der Waals surface area (Å²) in [5, 5.41) is 18.4. The predicted octanol–water partition coefficient (Wildman–Crippen LogP) is 3.49. The lowest BCUT2D eigenvalue weighted by molar-refractivity contribution is 0.0686. The molecule has 0 amide bonds. The largest absolute Gasteiger partial charge is 0.478 e. The van der Waals surface area contributed by atoms with Gasteiger partial charge >= 0.3 is 17.6 Å². The van der Waals surface area contributed by atoms with Crippen molar-refractivity contribution in [1.82, 2.24) is 29.0 Å². The van der Waals surface area contributed by atoms with Gasteiger partial charge in [0.15, 0.2) is 5.65 Å². The summed E-state index contributed by atoms with van der Waals surface area (Å²) in [6.45, 7) is 1.83. The van der Waals surface area contributed by atoms with Gasteiger partial charge in [-0.15, -0.1) is 0 Å². The van der Waals surface area contributed by atoms with Crippen LogP contribution in [-0.4, -0.2) is 64.2 Å². The Balaban J connectivity index is 1.28. The van der Waals surface area contributed by atoms with E-state index in [1.807, 2.05) is 6.07 Å². The van der Waals surface area contributed by atoms with E-state index in [1.54, 1.807) is 57.9 Å². The van der Waals surface area contributed by atoms with Crippen LogP contribution in [0.5, 0.6) is 0 Å². The van der Waals surface area contributed by atoms with Gasteiger partial charge in [-0.05, 0) is 55.0 Å². The fraction of sp³-hybridized carbons (Fsp3) is 0.172. The standard InChI is InChI=1S/C29H24N6O5/c36-27(37)19-5-3-18(4-6-19)24-8-7-22(15-32-24)35-26-25(2-1-11-31-26)34(29(35)40)23-10-13-33(17-23)16-21-14-20(28(38)39)9-12-30-21/h1-9,11-12,14-15,23H,10,13,16-17H2,(H,36,37)(H,38,39)/t23-/m0/s1. The van der Waals surface area contributed by atoms with E-state index in [2.05, 4.69) is 19.9 Å². The van der Waals surface area contributed by atoms with Crippen LogP contribution in [0.15, 0.2) is 84.0 Å². The van der Waals surface area contributed by atoms with Crippen molar-refractivity contribution in [1.29, 1.82) is 0 Å². The second kappa shape index (κ2) is 10.2. The molecule has 2 N–H and O–H groups in total. The van der Waals surface area contributed by atoms with Crippen LogP contribution in [0.3, 0.4) is 0 Å². The SMILES string of the molecule is O=C(O)c1ccc(-c2ccc(-n3c(=O)n([C@H]4CCN(Cc5cc(C(=O)O)ccn5)C4)c4cccnc43)cn2)cc1. The first-order chi connectivity index (χ1) is 19.4. The number of pyridine rings is 3. The van der Waals surface area contributed by atoms with E-state index in [9.17, 15) is 19.5 Å². The van der Waals surface area contributed by atoms with Crippen molar-refractivity contribution < 1.29 is 19.8 Å². The first-order valence-corrected chi connectivity index (χ1v) is 12.7. The predicted molar refractivity (Wildman–Crippen MR) is 146 cm³/mol. The first kappa shape index (κ1) is 25.1. The minimum absolute atomic E-state index is 0.0944. The molecule has 1 aliphatic heterocycles. The number of carboxylic acids is 2. The van der Waals surface area contributed by atoms with Crippen molar-refractivity contribution in [2.24, 2.45) is 0 Å². The molecule has 0 aliphatic carbocycles. The van der Waals surface area contributed by atoms with Crippen LogP contribution in [0, 0.1) is 0 Å². The Bertz CT molecular complexity index is 1790. The Labute approximate surface area is 227 Å². The fourth-order valence-electron chi connectivity index (χ4n) is 5.20. The molecule has 0 radical (unpaired) electrons. The highest BCUT2D eigenvalue weighted by atomic mass is 16.4. The second-order valence-corrected chi connectivity index (χ2v) is 9.64. The number of rotatable bonds is 7. The van der Waals surface area contributed by atoms with Crippen LogP contribution in [0.4, 0.5) is 0 Å². The molecule has 5 heterocycles. The van der Waals surface area contributed by atoms with Crippen molar-refractivity contribution >= 4 is 23.1 Å². The van der Waals surface area contributed by atoms with Crippen molar-refractivity contribution in [3.05, 3.63) is 107 Å². The minimum Gasteiger partial charge on any atom is -0.478 e.